The van der Waals surface area contributed by atoms with E-state index < -0.39 is 22.5 Å². The zero-order valence-electron chi connectivity index (χ0n) is 14.6. The highest BCUT2D eigenvalue weighted by atomic mass is 32.2. The summed E-state index contributed by atoms with van der Waals surface area (Å²) in [7, 11) is 0. The first-order chi connectivity index (χ1) is 13.3. The predicted octanol–water partition coefficient (Wildman–Crippen LogP) is 5.58. The average Bonchev–Trinajstić information content (AvgIpc) is 2.66. The number of non-ortho nitro benzene ring substituents is 1. The van der Waals surface area contributed by atoms with E-state index >= 15 is 0 Å². The van der Waals surface area contributed by atoms with Gasteiger partial charge in [-0.2, -0.15) is 0 Å². The minimum Gasteiger partial charge on any atom is -0.322 e. The second-order valence-electron chi connectivity index (χ2n) is 5.88. The van der Waals surface area contributed by atoms with Crippen LogP contribution in [0.15, 0.2) is 70.5 Å². The second-order valence-corrected chi connectivity index (χ2v) is 6.97. The third kappa shape index (κ3) is 4.34. The summed E-state index contributed by atoms with van der Waals surface area (Å²) in [5.74, 6) is -1.66. The van der Waals surface area contributed by atoms with E-state index in [1.54, 1.807) is 19.1 Å². The van der Waals surface area contributed by atoms with E-state index in [2.05, 4.69) is 5.32 Å². The number of rotatable bonds is 5. The van der Waals surface area contributed by atoms with E-state index in [0.29, 0.717) is 10.5 Å². The van der Waals surface area contributed by atoms with Gasteiger partial charge in [0, 0.05) is 27.6 Å². The molecule has 1 N–H and O–H groups in total. The maximum atomic E-state index is 14.0. The minimum absolute atomic E-state index is 0.00823. The molecule has 0 atom stereocenters. The molecular weight excluding hydrogens is 386 g/mol. The second kappa shape index (κ2) is 8.18. The van der Waals surface area contributed by atoms with E-state index in [-0.39, 0.29) is 21.8 Å². The summed E-state index contributed by atoms with van der Waals surface area (Å²) in [4.78, 5) is 23.9. The Kier molecular flexibility index (Phi) is 5.70. The number of benzene rings is 3. The fourth-order valence-corrected chi connectivity index (χ4v) is 3.41. The van der Waals surface area contributed by atoms with Gasteiger partial charge in [-0.05, 0) is 42.8 Å². The van der Waals surface area contributed by atoms with Crippen molar-refractivity contribution < 1.29 is 18.5 Å². The molecular formula is C20H14F2N2O3S. The number of amides is 1. The summed E-state index contributed by atoms with van der Waals surface area (Å²) in [6.07, 6.45) is 0. The Morgan fingerprint density at radius 3 is 2.50 bits per heavy atom. The van der Waals surface area contributed by atoms with Crippen LogP contribution in [0.2, 0.25) is 0 Å². The number of carbonyl (C=O) groups excluding carboxylic acids is 1. The fourth-order valence-electron chi connectivity index (χ4n) is 2.46. The Morgan fingerprint density at radius 1 is 1.04 bits per heavy atom. The lowest BCUT2D eigenvalue weighted by molar-refractivity contribution is -0.384. The Morgan fingerprint density at radius 2 is 1.79 bits per heavy atom. The molecule has 8 heteroatoms. The number of nitrogens with one attached hydrogen (secondary N) is 1. The van der Waals surface area contributed by atoms with Crippen LogP contribution in [0.4, 0.5) is 20.2 Å². The molecule has 3 aromatic rings. The van der Waals surface area contributed by atoms with Crippen molar-refractivity contribution >= 4 is 29.0 Å². The molecule has 0 unspecified atom stereocenters. The summed E-state index contributed by atoms with van der Waals surface area (Å²) in [6, 6.07) is 13.7. The molecule has 0 aromatic heterocycles. The van der Waals surface area contributed by atoms with Crippen LogP contribution in [0.25, 0.3) is 0 Å². The molecule has 0 saturated carbocycles. The summed E-state index contributed by atoms with van der Waals surface area (Å²) in [6.45, 7) is 1.69. The van der Waals surface area contributed by atoms with Crippen LogP contribution in [-0.4, -0.2) is 10.8 Å². The van der Waals surface area contributed by atoms with E-state index in [1.807, 2.05) is 0 Å². The van der Waals surface area contributed by atoms with Gasteiger partial charge in [-0.1, -0.05) is 30.0 Å². The monoisotopic (exact) mass is 400 g/mol. The summed E-state index contributed by atoms with van der Waals surface area (Å²) < 4.78 is 27.5. The summed E-state index contributed by atoms with van der Waals surface area (Å²) in [5, 5.41) is 13.7. The SMILES string of the molecule is Cc1ccc(F)cc1NC(=O)c1cc([N+](=O)[O-])ccc1Sc1ccccc1F. The van der Waals surface area contributed by atoms with E-state index in [4.69, 9.17) is 0 Å². The lowest BCUT2D eigenvalue weighted by Gasteiger charge is -2.12. The van der Waals surface area contributed by atoms with Crippen LogP contribution in [0.1, 0.15) is 15.9 Å². The van der Waals surface area contributed by atoms with Gasteiger partial charge in [0.05, 0.1) is 10.5 Å². The maximum Gasteiger partial charge on any atom is 0.270 e. The number of nitrogens with zero attached hydrogens (tertiary/aromatic N) is 1. The molecule has 0 aliphatic rings. The molecule has 3 aromatic carbocycles. The molecule has 0 spiro atoms. The van der Waals surface area contributed by atoms with Crippen molar-refractivity contribution in [2.45, 2.75) is 16.7 Å². The predicted molar refractivity (Wildman–Crippen MR) is 103 cm³/mol. The lowest BCUT2D eigenvalue weighted by Crippen LogP contribution is -2.14. The van der Waals surface area contributed by atoms with Crippen molar-refractivity contribution in [3.8, 4) is 0 Å². The van der Waals surface area contributed by atoms with Gasteiger partial charge in [-0.3, -0.25) is 14.9 Å². The molecule has 142 valence electrons. The highest BCUT2D eigenvalue weighted by molar-refractivity contribution is 7.99. The number of aryl methyl sites for hydroxylation is 1. The Labute approximate surface area is 163 Å². The van der Waals surface area contributed by atoms with Gasteiger partial charge < -0.3 is 5.32 Å². The normalized spacial score (nSPS) is 10.5. The topological polar surface area (TPSA) is 72.2 Å². The molecule has 0 bridgehead atoms. The van der Waals surface area contributed by atoms with E-state index in [9.17, 15) is 23.7 Å². The Hall–Kier alpha value is -3.26. The fraction of sp³-hybridized carbons (Fsp3) is 0.0500. The molecule has 0 aliphatic carbocycles. The first-order valence-corrected chi connectivity index (χ1v) is 8.95. The minimum atomic E-state index is -0.656. The molecule has 0 fully saturated rings. The van der Waals surface area contributed by atoms with Gasteiger partial charge >= 0.3 is 0 Å². The summed E-state index contributed by atoms with van der Waals surface area (Å²) in [5.41, 5.74) is 0.590. The number of anilines is 1. The van der Waals surface area contributed by atoms with Crippen molar-refractivity contribution in [1.29, 1.82) is 0 Å². The van der Waals surface area contributed by atoms with E-state index in [1.165, 1.54) is 36.4 Å². The maximum absolute atomic E-state index is 14.0. The molecule has 0 radical (unpaired) electrons. The average molecular weight is 400 g/mol. The van der Waals surface area contributed by atoms with Gasteiger partial charge in [0.1, 0.15) is 11.6 Å². The zero-order chi connectivity index (χ0) is 20.3. The largest absolute Gasteiger partial charge is 0.322 e. The smallest absolute Gasteiger partial charge is 0.270 e. The van der Waals surface area contributed by atoms with E-state index in [0.717, 1.165) is 23.9 Å². The molecule has 1 amide bonds. The van der Waals surface area contributed by atoms with Crippen molar-refractivity contribution in [3.05, 3.63) is 93.5 Å². The van der Waals surface area contributed by atoms with Crippen LogP contribution in [-0.2, 0) is 0 Å². The Bertz CT molecular complexity index is 1070. The number of nitro groups is 1. The van der Waals surface area contributed by atoms with Crippen LogP contribution >= 0.6 is 11.8 Å². The number of hydrogen-bond acceptors (Lipinski definition) is 4. The third-order valence-electron chi connectivity index (χ3n) is 3.92. The summed E-state index contributed by atoms with van der Waals surface area (Å²) >= 11 is 0.975. The van der Waals surface area contributed by atoms with Crippen LogP contribution in [0, 0.1) is 28.7 Å². The van der Waals surface area contributed by atoms with Crippen molar-refractivity contribution in [3.63, 3.8) is 0 Å². The highest BCUT2D eigenvalue weighted by Gasteiger charge is 2.19. The number of hydrogen-bond donors (Lipinski definition) is 1. The van der Waals surface area contributed by atoms with Crippen LogP contribution in [0.5, 0.6) is 0 Å². The van der Waals surface area contributed by atoms with Gasteiger partial charge in [-0.25, -0.2) is 8.78 Å². The van der Waals surface area contributed by atoms with Crippen LogP contribution < -0.4 is 5.32 Å². The van der Waals surface area contributed by atoms with Crippen molar-refractivity contribution in [2.75, 3.05) is 5.32 Å². The van der Waals surface area contributed by atoms with Crippen LogP contribution in [0.3, 0.4) is 0 Å². The molecule has 28 heavy (non-hydrogen) atoms. The molecule has 0 heterocycles. The Balaban J connectivity index is 2.00. The molecule has 0 saturated heterocycles. The molecule has 5 nitrogen and oxygen atoms in total. The zero-order valence-corrected chi connectivity index (χ0v) is 15.4. The van der Waals surface area contributed by atoms with Crippen molar-refractivity contribution in [2.24, 2.45) is 0 Å². The van der Waals surface area contributed by atoms with Crippen molar-refractivity contribution in [1.82, 2.24) is 0 Å². The molecule has 0 aliphatic heterocycles. The third-order valence-corrected chi connectivity index (χ3v) is 5.05. The first-order valence-electron chi connectivity index (χ1n) is 8.13. The van der Waals surface area contributed by atoms with Gasteiger partial charge in [-0.15, -0.1) is 0 Å². The lowest BCUT2D eigenvalue weighted by atomic mass is 10.1. The number of halogens is 2. The molecule has 3 rings (SSSR count). The van der Waals surface area contributed by atoms with Gasteiger partial charge in [0.2, 0.25) is 0 Å². The quantitative estimate of drug-likeness (QED) is 0.448. The van der Waals surface area contributed by atoms with Gasteiger partial charge in [0.25, 0.3) is 11.6 Å². The first kappa shape index (κ1) is 19.5. The van der Waals surface area contributed by atoms with Gasteiger partial charge in [0.15, 0.2) is 0 Å². The number of nitro benzene ring substituents is 1. The highest BCUT2D eigenvalue weighted by Crippen LogP contribution is 2.34. The standard InChI is InChI=1S/C20H14F2N2O3S/c1-12-6-7-13(21)10-17(12)23-20(25)15-11-14(24(26)27)8-9-18(15)28-19-5-3-2-4-16(19)22/h2-11H,1H3,(H,23,25). The number of carbonyl (C=O) groups is 1.